The van der Waals surface area contributed by atoms with Crippen molar-refractivity contribution >= 4 is 34.7 Å². The van der Waals surface area contributed by atoms with Crippen LogP contribution < -0.4 is 10.6 Å². The van der Waals surface area contributed by atoms with Gasteiger partial charge in [0.15, 0.2) is 11.5 Å². The molecule has 0 unspecified atom stereocenters. The van der Waals surface area contributed by atoms with Crippen LogP contribution >= 0.6 is 11.6 Å². The highest BCUT2D eigenvalue weighted by Gasteiger charge is 2.09. The van der Waals surface area contributed by atoms with Crippen molar-refractivity contribution in [3.8, 4) is 0 Å². The summed E-state index contributed by atoms with van der Waals surface area (Å²) in [5.74, 6) is 0.227. The second-order valence-corrected chi connectivity index (χ2v) is 5.70. The number of carbonyl (C=O) groups is 1. The summed E-state index contributed by atoms with van der Waals surface area (Å²) in [6.45, 7) is 2.02. The van der Waals surface area contributed by atoms with E-state index in [9.17, 15) is 4.79 Å². The van der Waals surface area contributed by atoms with Crippen molar-refractivity contribution in [3.63, 3.8) is 0 Å². The minimum atomic E-state index is -0.341. The quantitative estimate of drug-likeness (QED) is 0.738. The first-order valence-electron chi connectivity index (χ1n) is 7.34. The Morgan fingerprint density at radius 1 is 0.958 bits per heavy atom. The molecule has 0 aliphatic carbocycles. The summed E-state index contributed by atoms with van der Waals surface area (Å²) in [6.07, 6.45) is 0. The molecule has 0 atom stereocenters. The molecule has 3 aromatic rings. The van der Waals surface area contributed by atoms with Crippen molar-refractivity contribution in [1.82, 2.24) is 10.2 Å². The van der Waals surface area contributed by atoms with Crippen LogP contribution in [0.5, 0.6) is 0 Å². The average Bonchev–Trinajstić information content (AvgIpc) is 2.57. The molecule has 1 heterocycles. The molecule has 24 heavy (non-hydrogen) atoms. The van der Waals surface area contributed by atoms with Crippen molar-refractivity contribution in [2.75, 3.05) is 10.6 Å². The van der Waals surface area contributed by atoms with E-state index in [4.69, 9.17) is 11.6 Å². The van der Waals surface area contributed by atoms with Gasteiger partial charge < -0.3 is 10.6 Å². The molecule has 0 aliphatic heterocycles. The normalized spacial score (nSPS) is 10.2. The lowest BCUT2D eigenvalue weighted by molar-refractivity contribution is 0.102. The summed E-state index contributed by atoms with van der Waals surface area (Å²) in [5.41, 5.74) is 2.92. The van der Waals surface area contributed by atoms with Crippen LogP contribution in [-0.2, 0) is 0 Å². The van der Waals surface area contributed by atoms with Crippen LogP contribution in [0.3, 0.4) is 0 Å². The van der Waals surface area contributed by atoms with Gasteiger partial charge in [-0.05, 0) is 49.4 Å². The predicted octanol–water partition coefficient (Wildman–Crippen LogP) is 4.43. The van der Waals surface area contributed by atoms with Crippen LogP contribution in [0.1, 0.15) is 16.1 Å². The summed E-state index contributed by atoms with van der Waals surface area (Å²) < 4.78 is 0. The molecule has 3 rings (SSSR count). The summed E-state index contributed by atoms with van der Waals surface area (Å²) in [5, 5.41) is 14.4. The first-order chi connectivity index (χ1) is 11.6. The van der Waals surface area contributed by atoms with Gasteiger partial charge in [-0.25, -0.2) is 0 Å². The largest absolute Gasteiger partial charge is 0.339 e. The zero-order valence-electron chi connectivity index (χ0n) is 13.0. The highest BCUT2D eigenvalue weighted by molar-refractivity contribution is 6.30. The van der Waals surface area contributed by atoms with Crippen LogP contribution in [0, 0.1) is 6.92 Å². The molecule has 120 valence electrons. The SMILES string of the molecule is Cc1ccc(Nc2ccc(C(=O)Nc3cccc(Cl)c3)nn2)cc1. The van der Waals surface area contributed by atoms with E-state index in [1.54, 1.807) is 36.4 Å². The third-order valence-electron chi connectivity index (χ3n) is 3.30. The lowest BCUT2D eigenvalue weighted by Gasteiger charge is -2.07. The average molecular weight is 339 g/mol. The Hall–Kier alpha value is -2.92. The maximum Gasteiger partial charge on any atom is 0.276 e. The molecule has 2 aromatic carbocycles. The summed E-state index contributed by atoms with van der Waals surface area (Å²) in [4.78, 5) is 12.2. The number of hydrogen-bond acceptors (Lipinski definition) is 4. The molecule has 1 amide bonds. The minimum Gasteiger partial charge on any atom is -0.339 e. The Morgan fingerprint density at radius 3 is 2.42 bits per heavy atom. The molecular formula is C18H15ClN4O. The number of anilines is 3. The number of amides is 1. The van der Waals surface area contributed by atoms with Crippen molar-refractivity contribution in [3.05, 3.63) is 76.9 Å². The number of halogens is 1. The van der Waals surface area contributed by atoms with Crippen molar-refractivity contribution in [1.29, 1.82) is 0 Å². The van der Waals surface area contributed by atoms with Gasteiger partial charge in [-0.3, -0.25) is 4.79 Å². The van der Waals surface area contributed by atoms with Gasteiger partial charge in [-0.15, -0.1) is 10.2 Å². The lowest BCUT2D eigenvalue weighted by Crippen LogP contribution is -2.14. The minimum absolute atomic E-state index is 0.226. The fourth-order valence-electron chi connectivity index (χ4n) is 2.07. The van der Waals surface area contributed by atoms with Crippen LogP contribution in [-0.4, -0.2) is 16.1 Å². The number of carbonyl (C=O) groups excluding carboxylic acids is 1. The van der Waals surface area contributed by atoms with E-state index in [2.05, 4.69) is 20.8 Å². The van der Waals surface area contributed by atoms with Gasteiger partial charge in [0, 0.05) is 16.4 Å². The van der Waals surface area contributed by atoms with Gasteiger partial charge >= 0.3 is 0 Å². The Morgan fingerprint density at radius 2 is 1.75 bits per heavy atom. The standard InChI is InChI=1S/C18H15ClN4O/c1-12-5-7-14(8-6-12)20-17-10-9-16(22-23-17)18(24)21-15-4-2-3-13(19)11-15/h2-11H,1H3,(H,20,23)(H,21,24). The monoisotopic (exact) mass is 338 g/mol. The molecule has 0 aliphatic rings. The van der Waals surface area contributed by atoms with E-state index in [1.807, 2.05) is 31.2 Å². The summed E-state index contributed by atoms with van der Waals surface area (Å²) >= 11 is 5.89. The van der Waals surface area contributed by atoms with E-state index in [-0.39, 0.29) is 11.6 Å². The number of aromatic nitrogens is 2. The number of aryl methyl sites for hydroxylation is 1. The number of benzene rings is 2. The molecule has 2 N–H and O–H groups in total. The Balaban J connectivity index is 1.67. The number of nitrogens with one attached hydrogen (secondary N) is 2. The lowest BCUT2D eigenvalue weighted by atomic mass is 10.2. The maximum atomic E-state index is 12.2. The van der Waals surface area contributed by atoms with Crippen LogP contribution in [0.2, 0.25) is 5.02 Å². The second kappa shape index (κ2) is 7.10. The van der Waals surface area contributed by atoms with E-state index in [0.29, 0.717) is 16.5 Å². The number of hydrogen-bond donors (Lipinski definition) is 2. The zero-order valence-corrected chi connectivity index (χ0v) is 13.7. The smallest absolute Gasteiger partial charge is 0.276 e. The highest BCUT2D eigenvalue weighted by atomic mass is 35.5. The zero-order chi connectivity index (χ0) is 16.9. The fraction of sp³-hybridized carbons (Fsp3) is 0.0556. The Bertz CT molecular complexity index is 848. The molecule has 0 spiro atoms. The van der Waals surface area contributed by atoms with Crippen molar-refractivity contribution in [2.45, 2.75) is 6.92 Å². The van der Waals surface area contributed by atoms with Gasteiger partial charge in [0.05, 0.1) is 0 Å². The van der Waals surface area contributed by atoms with Crippen LogP contribution in [0.15, 0.2) is 60.7 Å². The van der Waals surface area contributed by atoms with Crippen LogP contribution in [0.4, 0.5) is 17.2 Å². The molecule has 0 bridgehead atoms. The molecule has 0 fully saturated rings. The Labute approximate surface area is 144 Å². The first kappa shape index (κ1) is 16.0. The second-order valence-electron chi connectivity index (χ2n) is 5.26. The van der Waals surface area contributed by atoms with Gasteiger partial charge in [-0.2, -0.15) is 0 Å². The predicted molar refractivity (Wildman–Crippen MR) is 95.9 cm³/mol. The molecule has 0 saturated carbocycles. The first-order valence-corrected chi connectivity index (χ1v) is 7.72. The summed E-state index contributed by atoms with van der Waals surface area (Å²) in [7, 11) is 0. The van der Waals surface area contributed by atoms with E-state index < -0.39 is 0 Å². The molecule has 0 saturated heterocycles. The maximum absolute atomic E-state index is 12.2. The number of rotatable bonds is 4. The number of nitrogens with zero attached hydrogens (tertiary/aromatic N) is 2. The molecular weight excluding hydrogens is 324 g/mol. The van der Waals surface area contributed by atoms with Crippen molar-refractivity contribution < 1.29 is 4.79 Å². The van der Waals surface area contributed by atoms with Gasteiger partial charge in [0.1, 0.15) is 0 Å². The molecule has 0 radical (unpaired) electrons. The van der Waals surface area contributed by atoms with Gasteiger partial charge in [-0.1, -0.05) is 35.4 Å². The molecule has 1 aromatic heterocycles. The van der Waals surface area contributed by atoms with E-state index >= 15 is 0 Å². The van der Waals surface area contributed by atoms with E-state index in [0.717, 1.165) is 5.69 Å². The molecule has 5 nitrogen and oxygen atoms in total. The van der Waals surface area contributed by atoms with Gasteiger partial charge in [0.25, 0.3) is 5.91 Å². The van der Waals surface area contributed by atoms with Gasteiger partial charge in [0.2, 0.25) is 0 Å². The summed E-state index contributed by atoms with van der Waals surface area (Å²) in [6, 6.07) is 18.2. The fourth-order valence-corrected chi connectivity index (χ4v) is 2.26. The van der Waals surface area contributed by atoms with Crippen molar-refractivity contribution in [2.24, 2.45) is 0 Å². The van der Waals surface area contributed by atoms with E-state index in [1.165, 1.54) is 5.56 Å². The Kier molecular flexibility index (Phi) is 4.72. The molecule has 6 heteroatoms. The highest BCUT2D eigenvalue weighted by Crippen LogP contribution is 2.17. The third kappa shape index (κ3) is 4.08. The third-order valence-corrected chi connectivity index (χ3v) is 3.54. The topological polar surface area (TPSA) is 66.9 Å². The van der Waals surface area contributed by atoms with Crippen LogP contribution in [0.25, 0.3) is 0 Å².